The SMILES string of the molecule is CCN(C)C(=O)C(C)NCc1cc(F)ccc1F. The summed E-state index contributed by atoms with van der Waals surface area (Å²) in [4.78, 5) is 13.3. The molecule has 0 aliphatic rings. The average Bonchev–Trinajstić information content (AvgIpc) is 2.37. The maximum absolute atomic E-state index is 13.3. The van der Waals surface area contributed by atoms with Crippen molar-refractivity contribution in [3.63, 3.8) is 0 Å². The van der Waals surface area contributed by atoms with Crippen LogP contribution in [0.4, 0.5) is 8.78 Å². The summed E-state index contributed by atoms with van der Waals surface area (Å²) >= 11 is 0. The predicted molar refractivity (Wildman–Crippen MR) is 66.0 cm³/mol. The van der Waals surface area contributed by atoms with Crippen molar-refractivity contribution in [2.75, 3.05) is 13.6 Å². The van der Waals surface area contributed by atoms with Gasteiger partial charge in [-0.2, -0.15) is 0 Å². The number of benzene rings is 1. The van der Waals surface area contributed by atoms with Crippen LogP contribution < -0.4 is 5.32 Å². The molecule has 3 nitrogen and oxygen atoms in total. The summed E-state index contributed by atoms with van der Waals surface area (Å²) in [5.74, 6) is -1.04. The highest BCUT2D eigenvalue weighted by Crippen LogP contribution is 2.09. The molecule has 0 fully saturated rings. The van der Waals surface area contributed by atoms with E-state index in [1.807, 2.05) is 6.92 Å². The van der Waals surface area contributed by atoms with Crippen LogP contribution in [0.3, 0.4) is 0 Å². The second-order valence-corrected chi connectivity index (χ2v) is 4.19. The minimum absolute atomic E-state index is 0.0747. The highest BCUT2D eigenvalue weighted by molar-refractivity contribution is 5.81. The van der Waals surface area contributed by atoms with E-state index in [0.29, 0.717) is 6.54 Å². The first-order valence-electron chi connectivity index (χ1n) is 5.88. The van der Waals surface area contributed by atoms with E-state index in [1.165, 1.54) is 0 Å². The fraction of sp³-hybridized carbons (Fsp3) is 0.462. The van der Waals surface area contributed by atoms with E-state index in [-0.39, 0.29) is 18.0 Å². The number of nitrogens with zero attached hydrogens (tertiary/aromatic N) is 1. The van der Waals surface area contributed by atoms with E-state index in [0.717, 1.165) is 18.2 Å². The van der Waals surface area contributed by atoms with Crippen molar-refractivity contribution in [2.45, 2.75) is 26.4 Å². The zero-order chi connectivity index (χ0) is 13.7. The monoisotopic (exact) mass is 256 g/mol. The third-order valence-corrected chi connectivity index (χ3v) is 2.83. The average molecular weight is 256 g/mol. The van der Waals surface area contributed by atoms with E-state index >= 15 is 0 Å². The summed E-state index contributed by atoms with van der Waals surface area (Å²) in [6.45, 7) is 4.30. The van der Waals surface area contributed by atoms with Gasteiger partial charge in [-0.25, -0.2) is 8.78 Å². The van der Waals surface area contributed by atoms with Gasteiger partial charge in [0.25, 0.3) is 0 Å². The fourth-order valence-electron chi connectivity index (χ4n) is 1.52. The Morgan fingerprint density at radius 1 is 1.44 bits per heavy atom. The summed E-state index contributed by atoms with van der Waals surface area (Å²) < 4.78 is 26.3. The number of likely N-dealkylation sites (N-methyl/N-ethyl adjacent to an activating group) is 1. The first-order valence-corrected chi connectivity index (χ1v) is 5.88. The summed E-state index contributed by atoms with van der Waals surface area (Å²) in [6, 6.07) is 2.84. The summed E-state index contributed by atoms with van der Waals surface area (Å²) in [6.07, 6.45) is 0. The molecular weight excluding hydrogens is 238 g/mol. The molecule has 1 amide bonds. The van der Waals surface area contributed by atoms with Crippen LogP contribution in [0.1, 0.15) is 19.4 Å². The molecule has 0 aliphatic heterocycles. The maximum Gasteiger partial charge on any atom is 0.239 e. The Hall–Kier alpha value is -1.49. The van der Waals surface area contributed by atoms with Gasteiger partial charge in [-0.15, -0.1) is 0 Å². The van der Waals surface area contributed by atoms with Crippen LogP contribution in [0.15, 0.2) is 18.2 Å². The van der Waals surface area contributed by atoms with Gasteiger partial charge in [-0.05, 0) is 32.0 Å². The molecule has 0 radical (unpaired) electrons. The van der Waals surface area contributed by atoms with Crippen molar-refractivity contribution in [1.29, 1.82) is 0 Å². The van der Waals surface area contributed by atoms with E-state index < -0.39 is 17.7 Å². The summed E-state index contributed by atoms with van der Waals surface area (Å²) in [7, 11) is 1.70. The standard InChI is InChI=1S/C13H18F2N2O/c1-4-17(3)13(18)9(2)16-8-10-7-11(14)5-6-12(10)15/h5-7,9,16H,4,8H2,1-3H3. The van der Waals surface area contributed by atoms with Crippen molar-refractivity contribution in [3.8, 4) is 0 Å². The molecule has 0 saturated heterocycles. The highest BCUT2D eigenvalue weighted by atomic mass is 19.1. The van der Waals surface area contributed by atoms with Gasteiger partial charge in [0.05, 0.1) is 6.04 Å². The van der Waals surface area contributed by atoms with Crippen molar-refractivity contribution in [3.05, 3.63) is 35.4 Å². The van der Waals surface area contributed by atoms with Crippen LogP contribution in [0.5, 0.6) is 0 Å². The summed E-state index contributed by atoms with van der Waals surface area (Å²) in [5.41, 5.74) is 0.216. The quantitative estimate of drug-likeness (QED) is 0.873. The zero-order valence-electron chi connectivity index (χ0n) is 10.8. The molecular formula is C13H18F2N2O. The van der Waals surface area contributed by atoms with Gasteiger partial charge < -0.3 is 10.2 Å². The van der Waals surface area contributed by atoms with Crippen LogP contribution in [-0.2, 0) is 11.3 Å². The van der Waals surface area contributed by atoms with E-state index in [9.17, 15) is 13.6 Å². The minimum atomic E-state index is -0.488. The number of amides is 1. The third kappa shape index (κ3) is 3.77. The van der Waals surface area contributed by atoms with Gasteiger partial charge in [0.2, 0.25) is 5.91 Å². The normalized spacial score (nSPS) is 12.3. The Kier molecular flexibility index (Phi) is 5.22. The van der Waals surface area contributed by atoms with Crippen LogP contribution in [0.2, 0.25) is 0 Å². The van der Waals surface area contributed by atoms with Crippen molar-refractivity contribution < 1.29 is 13.6 Å². The van der Waals surface area contributed by atoms with E-state index in [4.69, 9.17) is 0 Å². The number of carbonyl (C=O) groups excluding carboxylic acids is 1. The minimum Gasteiger partial charge on any atom is -0.345 e. The van der Waals surface area contributed by atoms with Crippen molar-refractivity contribution >= 4 is 5.91 Å². The van der Waals surface area contributed by atoms with E-state index in [1.54, 1.807) is 18.9 Å². The van der Waals surface area contributed by atoms with Crippen LogP contribution in [0, 0.1) is 11.6 Å². The Bertz CT molecular complexity index is 423. The molecule has 1 aromatic rings. The molecule has 18 heavy (non-hydrogen) atoms. The second-order valence-electron chi connectivity index (χ2n) is 4.19. The lowest BCUT2D eigenvalue weighted by molar-refractivity contribution is -0.131. The fourth-order valence-corrected chi connectivity index (χ4v) is 1.52. The van der Waals surface area contributed by atoms with Gasteiger partial charge in [0.15, 0.2) is 0 Å². The van der Waals surface area contributed by atoms with Crippen LogP contribution in [0.25, 0.3) is 0 Å². The molecule has 0 spiro atoms. The maximum atomic E-state index is 13.3. The van der Waals surface area contributed by atoms with Crippen molar-refractivity contribution in [2.24, 2.45) is 0 Å². The Balaban J connectivity index is 2.59. The van der Waals surface area contributed by atoms with Gasteiger partial charge >= 0.3 is 0 Å². The lowest BCUT2D eigenvalue weighted by atomic mass is 10.2. The smallest absolute Gasteiger partial charge is 0.239 e. The number of halogens is 2. The molecule has 0 heterocycles. The Morgan fingerprint density at radius 3 is 2.72 bits per heavy atom. The molecule has 0 aliphatic carbocycles. The number of hydrogen-bond donors (Lipinski definition) is 1. The largest absolute Gasteiger partial charge is 0.345 e. The number of nitrogens with one attached hydrogen (secondary N) is 1. The molecule has 1 unspecified atom stereocenters. The molecule has 0 bridgehead atoms. The van der Waals surface area contributed by atoms with Gasteiger partial charge in [0.1, 0.15) is 11.6 Å². The molecule has 5 heteroatoms. The molecule has 0 aromatic heterocycles. The van der Waals surface area contributed by atoms with Gasteiger partial charge in [-0.1, -0.05) is 0 Å². The molecule has 1 aromatic carbocycles. The topological polar surface area (TPSA) is 32.3 Å². The zero-order valence-corrected chi connectivity index (χ0v) is 10.8. The van der Waals surface area contributed by atoms with Crippen LogP contribution >= 0.6 is 0 Å². The van der Waals surface area contributed by atoms with E-state index in [2.05, 4.69) is 5.32 Å². The molecule has 0 saturated carbocycles. The predicted octanol–water partition coefficient (Wildman–Crippen LogP) is 1.92. The lowest BCUT2D eigenvalue weighted by Gasteiger charge is -2.20. The summed E-state index contributed by atoms with van der Waals surface area (Å²) in [5, 5.41) is 2.88. The molecule has 1 N–H and O–H groups in total. The number of hydrogen-bond acceptors (Lipinski definition) is 2. The first-order chi connectivity index (χ1) is 8.45. The Labute approximate surface area is 106 Å². The number of rotatable bonds is 5. The molecule has 1 atom stereocenters. The number of carbonyl (C=O) groups is 1. The van der Waals surface area contributed by atoms with Crippen molar-refractivity contribution in [1.82, 2.24) is 10.2 Å². The third-order valence-electron chi connectivity index (χ3n) is 2.83. The molecule has 100 valence electrons. The first kappa shape index (κ1) is 14.6. The van der Waals surface area contributed by atoms with Gasteiger partial charge in [0, 0.05) is 25.7 Å². The van der Waals surface area contributed by atoms with Gasteiger partial charge in [-0.3, -0.25) is 4.79 Å². The second kappa shape index (κ2) is 6.44. The lowest BCUT2D eigenvalue weighted by Crippen LogP contribution is -2.42. The highest BCUT2D eigenvalue weighted by Gasteiger charge is 2.16. The van der Waals surface area contributed by atoms with Crippen LogP contribution in [-0.4, -0.2) is 30.4 Å². The Morgan fingerprint density at radius 2 is 2.11 bits per heavy atom. The molecule has 1 rings (SSSR count).